The molecule has 0 N–H and O–H groups in total. The average Bonchev–Trinajstić information content (AvgIpc) is 2.52. The van der Waals surface area contributed by atoms with Crippen LogP contribution in [0.1, 0.15) is 53.4 Å². The minimum absolute atomic E-state index is 0.209. The van der Waals surface area contributed by atoms with E-state index in [1.165, 1.54) is 7.11 Å². The number of esters is 2. The molecule has 0 spiro atoms. The van der Waals surface area contributed by atoms with Crippen LogP contribution in [0.2, 0.25) is 0 Å². The van der Waals surface area contributed by atoms with Gasteiger partial charge < -0.3 is 14.2 Å². The molecule has 0 aromatic heterocycles. The van der Waals surface area contributed by atoms with Gasteiger partial charge in [0.25, 0.3) is 0 Å². The first kappa shape index (κ1) is 20.0. The van der Waals surface area contributed by atoms with E-state index in [-0.39, 0.29) is 23.4 Å². The first-order chi connectivity index (χ1) is 11.3. The van der Waals surface area contributed by atoms with E-state index in [1.54, 1.807) is 18.2 Å². The van der Waals surface area contributed by atoms with Crippen molar-refractivity contribution in [1.82, 2.24) is 0 Å². The Balaban J connectivity index is 2.80. The number of benzene rings is 1. The summed E-state index contributed by atoms with van der Waals surface area (Å²) in [6, 6.07) is 4.80. The maximum Gasteiger partial charge on any atom is 0.311 e. The highest BCUT2D eigenvalue weighted by atomic mass is 16.6. The fourth-order valence-corrected chi connectivity index (χ4v) is 1.94. The van der Waals surface area contributed by atoms with Crippen molar-refractivity contribution in [3.63, 3.8) is 0 Å². The second-order valence-electron chi connectivity index (χ2n) is 6.63. The van der Waals surface area contributed by atoms with Gasteiger partial charge in [-0.05, 0) is 36.8 Å². The molecule has 0 amide bonds. The molecule has 0 fully saturated rings. The van der Waals surface area contributed by atoms with Crippen LogP contribution in [0.3, 0.4) is 0 Å². The van der Waals surface area contributed by atoms with Crippen molar-refractivity contribution in [2.45, 2.75) is 53.4 Å². The zero-order valence-corrected chi connectivity index (χ0v) is 15.3. The largest absolute Gasteiger partial charge is 0.497 e. The number of hydrogen-bond donors (Lipinski definition) is 0. The van der Waals surface area contributed by atoms with Gasteiger partial charge in [0.05, 0.1) is 7.11 Å². The number of carbonyl (C=O) groups is 2. The number of ether oxygens (including phenoxy) is 3. The molecule has 1 aromatic rings. The Morgan fingerprint density at radius 1 is 0.875 bits per heavy atom. The molecule has 0 bridgehead atoms. The van der Waals surface area contributed by atoms with Crippen molar-refractivity contribution in [3.8, 4) is 17.2 Å². The molecule has 0 saturated carbocycles. The summed E-state index contributed by atoms with van der Waals surface area (Å²) in [6.07, 6.45) is 2.13. The third kappa shape index (κ3) is 7.49. The maximum absolute atomic E-state index is 12.0. The van der Waals surface area contributed by atoms with Gasteiger partial charge in [0.1, 0.15) is 5.75 Å². The second-order valence-corrected chi connectivity index (χ2v) is 6.63. The summed E-state index contributed by atoms with van der Waals surface area (Å²) in [5.74, 6) is 1.12. The fraction of sp³-hybridized carbons (Fsp3) is 0.579. The van der Waals surface area contributed by atoms with E-state index < -0.39 is 0 Å². The number of carbonyl (C=O) groups excluding carboxylic acids is 2. The van der Waals surface area contributed by atoms with Crippen LogP contribution in [-0.4, -0.2) is 19.0 Å². The standard InChI is InChI=1S/C19H28O5/c1-13(2)6-10-18(20)23-16-9-8-15(22-5)12-17(16)24-19(21)11-7-14(3)4/h8-9,12-14H,6-7,10-11H2,1-5H3. The zero-order chi connectivity index (χ0) is 18.1. The summed E-state index contributed by atoms with van der Waals surface area (Å²) in [7, 11) is 1.52. The van der Waals surface area contributed by atoms with Gasteiger partial charge in [-0.15, -0.1) is 0 Å². The third-order valence-electron chi connectivity index (χ3n) is 3.45. The summed E-state index contributed by atoms with van der Waals surface area (Å²) in [5, 5.41) is 0. The van der Waals surface area contributed by atoms with Crippen molar-refractivity contribution < 1.29 is 23.8 Å². The molecule has 0 aliphatic carbocycles. The smallest absolute Gasteiger partial charge is 0.311 e. The van der Waals surface area contributed by atoms with Crippen LogP contribution in [0.4, 0.5) is 0 Å². The van der Waals surface area contributed by atoms with Crippen LogP contribution in [0.5, 0.6) is 17.2 Å². The molecule has 5 nitrogen and oxygen atoms in total. The van der Waals surface area contributed by atoms with E-state index in [4.69, 9.17) is 14.2 Å². The molecule has 134 valence electrons. The minimum atomic E-state index is -0.351. The van der Waals surface area contributed by atoms with Crippen LogP contribution in [-0.2, 0) is 9.59 Å². The van der Waals surface area contributed by atoms with E-state index in [0.717, 1.165) is 12.8 Å². The van der Waals surface area contributed by atoms with Gasteiger partial charge in [0.2, 0.25) is 0 Å². The fourth-order valence-electron chi connectivity index (χ4n) is 1.94. The first-order valence-electron chi connectivity index (χ1n) is 8.41. The Hall–Kier alpha value is -2.04. The summed E-state index contributed by atoms with van der Waals surface area (Å²) >= 11 is 0. The van der Waals surface area contributed by atoms with Gasteiger partial charge in [-0.2, -0.15) is 0 Å². The number of methoxy groups -OCH3 is 1. The van der Waals surface area contributed by atoms with Gasteiger partial charge in [0.15, 0.2) is 11.5 Å². The van der Waals surface area contributed by atoms with Crippen LogP contribution in [0.25, 0.3) is 0 Å². The lowest BCUT2D eigenvalue weighted by atomic mass is 10.1. The van der Waals surface area contributed by atoms with Crippen LogP contribution >= 0.6 is 0 Å². The summed E-state index contributed by atoms with van der Waals surface area (Å²) < 4.78 is 15.9. The Bertz CT molecular complexity index is 549. The van der Waals surface area contributed by atoms with Gasteiger partial charge in [0, 0.05) is 18.9 Å². The molecular formula is C19H28O5. The molecular weight excluding hydrogens is 308 g/mol. The first-order valence-corrected chi connectivity index (χ1v) is 8.41. The lowest BCUT2D eigenvalue weighted by molar-refractivity contribution is -0.137. The summed E-state index contributed by atoms with van der Waals surface area (Å²) in [4.78, 5) is 23.9. The molecule has 5 heteroatoms. The van der Waals surface area contributed by atoms with E-state index in [9.17, 15) is 9.59 Å². The average molecular weight is 336 g/mol. The molecule has 1 rings (SSSR count). The van der Waals surface area contributed by atoms with Crippen molar-refractivity contribution in [2.75, 3.05) is 7.11 Å². The van der Waals surface area contributed by atoms with Crippen molar-refractivity contribution in [2.24, 2.45) is 11.8 Å². The quantitative estimate of drug-likeness (QED) is 0.495. The van der Waals surface area contributed by atoms with Crippen molar-refractivity contribution in [3.05, 3.63) is 18.2 Å². The SMILES string of the molecule is COc1ccc(OC(=O)CCC(C)C)c(OC(=O)CCC(C)C)c1. The lowest BCUT2D eigenvalue weighted by Gasteiger charge is -2.13. The Morgan fingerprint density at radius 3 is 1.83 bits per heavy atom. The zero-order valence-electron chi connectivity index (χ0n) is 15.3. The minimum Gasteiger partial charge on any atom is -0.497 e. The molecule has 0 aliphatic rings. The highest BCUT2D eigenvalue weighted by Gasteiger charge is 2.15. The predicted octanol–water partition coefficient (Wildman–Crippen LogP) is 4.38. The highest BCUT2D eigenvalue weighted by molar-refractivity contribution is 5.76. The number of hydrogen-bond acceptors (Lipinski definition) is 5. The molecule has 1 aromatic carbocycles. The third-order valence-corrected chi connectivity index (χ3v) is 3.45. The summed E-state index contributed by atoms with van der Waals surface area (Å²) in [5.41, 5.74) is 0. The van der Waals surface area contributed by atoms with Gasteiger partial charge in [-0.1, -0.05) is 27.7 Å². The van der Waals surface area contributed by atoms with E-state index in [2.05, 4.69) is 0 Å². The van der Waals surface area contributed by atoms with Crippen LogP contribution < -0.4 is 14.2 Å². The van der Waals surface area contributed by atoms with E-state index >= 15 is 0 Å². The predicted molar refractivity (Wildman–Crippen MR) is 92.4 cm³/mol. The second kappa shape index (κ2) is 9.96. The maximum atomic E-state index is 12.0. The monoisotopic (exact) mass is 336 g/mol. The van der Waals surface area contributed by atoms with E-state index in [1.807, 2.05) is 27.7 Å². The molecule has 0 atom stereocenters. The Morgan fingerprint density at radius 2 is 1.38 bits per heavy atom. The molecule has 24 heavy (non-hydrogen) atoms. The Labute approximate surface area is 144 Å². The van der Waals surface area contributed by atoms with Crippen LogP contribution in [0.15, 0.2) is 18.2 Å². The normalized spacial score (nSPS) is 10.8. The topological polar surface area (TPSA) is 61.8 Å². The van der Waals surface area contributed by atoms with Crippen molar-refractivity contribution in [1.29, 1.82) is 0 Å². The highest BCUT2D eigenvalue weighted by Crippen LogP contribution is 2.32. The number of rotatable bonds is 9. The van der Waals surface area contributed by atoms with Crippen LogP contribution in [0, 0.1) is 11.8 Å². The molecule has 0 aliphatic heterocycles. The van der Waals surface area contributed by atoms with Gasteiger partial charge >= 0.3 is 11.9 Å². The van der Waals surface area contributed by atoms with Gasteiger partial charge in [-0.3, -0.25) is 9.59 Å². The molecule has 0 saturated heterocycles. The molecule has 0 heterocycles. The molecule has 0 radical (unpaired) electrons. The molecule has 0 unspecified atom stereocenters. The summed E-state index contributed by atoms with van der Waals surface area (Å²) in [6.45, 7) is 8.17. The lowest BCUT2D eigenvalue weighted by Crippen LogP contribution is -2.13. The van der Waals surface area contributed by atoms with E-state index in [0.29, 0.717) is 30.4 Å². The Kier molecular flexibility index (Phi) is 8.30. The van der Waals surface area contributed by atoms with Crippen molar-refractivity contribution >= 4 is 11.9 Å². The van der Waals surface area contributed by atoms with Gasteiger partial charge in [-0.25, -0.2) is 0 Å².